The smallest absolute Gasteiger partial charge is 0.437 e. The lowest BCUT2D eigenvalue weighted by atomic mass is 10.1. The maximum Gasteiger partial charge on any atom is 0.437 e. The highest BCUT2D eigenvalue weighted by Gasteiger charge is 2.39. The summed E-state index contributed by atoms with van der Waals surface area (Å²) < 4.78 is 170. The van der Waals surface area contributed by atoms with Crippen LogP contribution in [-0.2, 0) is 24.5 Å². The lowest BCUT2D eigenvalue weighted by molar-refractivity contribution is -0.0597. The van der Waals surface area contributed by atoms with Crippen molar-refractivity contribution in [3.05, 3.63) is 83.2 Å². The zero-order chi connectivity index (χ0) is 29.3. The van der Waals surface area contributed by atoms with Crippen molar-refractivity contribution in [1.29, 1.82) is 0 Å². The zero-order valence-corrected chi connectivity index (χ0v) is 20.4. The van der Waals surface area contributed by atoms with E-state index in [1.54, 1.807) is 0 Å². The number of hydrogen-bond donors (Lipinski definition) is 0. The number of nitrogens with zero attached hydrogens (tertiary/aromatic N) is 1. The van der Waals surface area contributed by atoms with Crippen molar-refractivity contribution in [2.24, 2.45) is 5.16 Å². The first-order valence-electron chi connectivity index (χ1n) is 9.79. The van der Waals surface area contributed by atoms with E-state index in [2.05, 4.69) is 13.6 Å². The maximum absolute atomic E-state index is 13.8. The van der Waals surface area contributed by atoms with Crippen LogP contribution in [0.25, 0.3) is 0 Å². The van der Waals surface area contributed by atoms with Gasteiger partial charge in [0.25, 0.3) is 0 Å². The molecule has 0 aliphatic rings. The standard InChI is InChI=1S/C21H11F8NO7S2/c1-35-11-4-2-10(3-5-11)20(21(27,28)29)30-37-38(31,32)13-8-6-12(7-9-13)36-39(33,34)19-17(25)15(23)14(22)16(24)18(19)26/h2-9H,1H3. The average molecular weight is 605 g/mol. The highest BCUT2D eigenvalue weighted by atomic mass is 32.2. The molecule has 0 fully saturated rings. The molecule has 0 aromatic heterocycles. The van der Waals surface area contributed by atoms with Crippen LogP contribution in [0.5, 0.6) is 11.5 Å². The summed E-state index contributed by atoms with van der Waals surface area (Å²) in [6, 6.07) is 6.30. The minimum atomic E-state index is -5.69. The first-order valence-corrected chi connectivity index (χ1v) is 12.6. The molecule has 0 heterocycles. The van der Waals surface area contributed by atoms with E-state index in [9.17, 15) is 52.0 Å². The Hall–Kier alpha value is -3.93. The van der Waals surface area contributed by atoms with Gasteiger partial charge in [-0.15, -0.1) is 0 Å². The van der Waals surface area contributed by atoms with Gasteiger partial charge in [0.15, 0.2) is 33.9 Å². The van der Waals surface area contributed by atoms with Gasteiger partial charge in [-0.1, -0.05) is 5.16 Å². The number of oxime groups is 1. The molecular weight excluding hydrogens is 594 g/mol. The van der Waals surface area contributed by atoms with Crippen LogP contribution in [0.2, 0.25) is 0 Å². The van der Waals surface area contributed by atoms with Crippen molar-refractivity contribution in [3.8, 4) is 11.5 Å². The Kier molecular flexibility index (Phi) is 8.11. The molecule has 18 heteroatoms. The Labute approximate surface area is 214 Å². The van der Waals surface area contributed by atoms with E-state index in [-0.39, 0.29) is 5.75 Å². The lowest BCUT2D eigenvalue weighted by Gasteiger charge is -2.12. The molecule has 3 aromatic rings. The molecule has 3 rings (SSSR count). The molecule has 0 unspecified atom stereocenters. The number of hydrogen-bond acceptors (Lipinski definition) is 8. The van der Waals surface area contributed by atoms with Crippen molar-refractivity contribution in [2.45, 2.75) is 16.0 Å². The van der Waals surface area contributed by atoms with Crippen molar-refractivity contribution < 1.29 is 65.2 Å². The van der Waals surface area contributed by atoms with Gasteiger partial charge in [-0.3, -0.25) is 4.28 Å². The molecule has 0 saturated carbocycles. The first kappa shape index (κ1) is 29.6. The van der Waals surface area contributed by atoms with Gasteiger partial charge in [0, 0.05) is 5.56 Å². The van der Waals surface area contributed by atoms with Gasteiger partial charge in [0.2, 0.25) is 5.82 Å². The summed E-state index contributed by atoms with van der Waals surface area (Å²) in [6.45, 7) is 0. The predicted octanol–water partition coefficient (Wildman–Crippen LogP) is 4.83. The van der Waals surface area contributed by atoms with Gasteiger partial charge < -0.3 is 8.92 Å². The predicted molar refractivity (Wildman–Crippen MR) is 114 cm³/mol. The fourth-order valence-electron chi connectivity index (χ4n) is 2.78. The molecule has 210 valence electrons. The van der Waals surface area contributed by atoms with Crippen LogP contribution in [0.3, 0.4) is 0 Å². The van der Waals surface area contributed by atoms with Crippen molar-refractivity contribution in [3.63, 3.8) is 0 Å². The van der Waals surface area contributed by atoms with Crippen LogP contribution >= 0.6 is 0 Å². The van der Waals surface area contributed by atoms with Gasteiger partial charge >= 0.3 is 26.4 Å². The van der Waals surface area contributed by atoms with E-state index in [1.807, 2.05) is 0 Å². The molecule has 0 aliphatic carbocycles. The number of rotatable bonds is 8. The third-order valence-corrected chi connectivity index (χ3v) is 6.99. The molecule has 0 spiro atoms. The molecule has 39 heavy (non-hydrogen) atoms. The van der Waals surface area contributed by atoms with Gasteiger partial charge in [-0.25, -0.2) is 22.0 Å². The molecule has 0 radical (unpaired) electrons. The zero-order valence-electron chi connectivity index (χ0n) is 18.8. The summed E-state index contributed by atoms with van der Waals surface area (Å²) in [5.74, 6) is -13.9. The van der Waals surface area contributed by atoms with E-state index in [0.717, 1.165) is 24.3 Å². The molecular formula is C21H11F8NO7S2. The largest absolute Gasteiger partial charge is 0.497 e. The first-order chi connectivity index (χ1) is 18.0. The minimum absolute atomic E-state index is 0.193. The van der Waals surface area contributed by atoms with Gasteiger partial charge in [0.1, 0.15) is 16.4 Å². The van der Waals surface area contributed by atoms with Crippen LogP contribution < -0.4 is 8.92 Å². The molecule has 0 saturated heterocycles. The quantitative estimate of drug-likeness (QED) is 0.0904. The molecule has 0 amide bonds. The monoisotopic (exact) mass is 605 g/mol. The molecule has 3 aromatic carbocycles. The van der Waals surface area contributed by atoms with Gasteiger partial charge in [-0.05, 0) is 48.5 Å². The van der Waals surface area contributed by atoms with Crippen LogP contribution in [0.1, 0.15) is 5.56 Å². The summed E-state index contributed by atoms with van der Waals surface area (Å²) >= 11 is 0. The fourth-order valence-corrected chi connectivity index (χ4v) is 4.57. The van der Waals surface area contributed by atoms with E-state index in [1.165, 1.54) is 7.11 Å². The Morgan fingerprint density at radius 1 is 0.692 bits per heavy atom. The topological polar surface area (TPSA) is 108 Å². The molecule has 8 nitrogen and oxygen atoms in total. The van der Waals surface area contributed by atoms with Crippen LogP contribution in [0, 0.1) is 29.1 Å². The summed E-state index contributed by atoms with van der Waals surface area (Å²) in [4.78, 5) is -3.20. The summed E-state index contributed by atoms with van der Waals surface area (Å²) in [6.07, 6.45) is -5.17. The fraction of sp³-hybridized carbons (Fsp3) is 0.0952. The van der Waals surface area contributed by atoms with E-state index in [4.69, 9.17) is 4.74 Å². The second-order valence-corrected chi connectivity index (χ2v) is 10.1. The molecule has 0 bridgehead atoms. The minimum Gasteiger partial charge on any atom is -0.497 e. The van der Waals surface area contributed by atoms with Crippen molar-refractivity contribution in [1.82, 2.24) is 0 Å². The third-order valence-electron chi connectivity index (χ3n) is 4.60. The molecule has 0 aliphatic heterocycles. The summed E-state index contributed by atoms with van der Waals surface area (Å²) in [7, 11) is -9.49. The lowest BCUT2D eigenvalue weighted by Crippen LogP contribution is -2.25. The Bertz CT molecular complexity index is 1610. The number of alkyl halides is 3. The van der Waals surface area contributed by atoms with Crippen molar-refractivity contribution >= 4 is 25.9 Å². The molecule has 0 N–H and O–H groups in total. The van der Waals surface area contributed by atoms with Gasteiger partial charge in [0.05, 0.1) is 7.11 Å². The second-order valence-electron chi connectivity index (χ2n) is 7.10. The van der Waals surface area contributed by atoms with Crippen LogP contribution in [0.15, 0.2) is 63.5 Å². The average Bonchev–Trinajstić information content (AvgIpc) is 2.86. The third kappa shape index (κ3) is 6.22. The maximum atomic E-state index is 13.8. The number of methoxy groups -OCH3 is 1. The number of benzene rings is 3. The van der Waals surface area contributed by atoms with E-state index < -0.39 is 82.3 Å². The van der Waals surface area contributed by atoms with Crippen molar-refractivity contribution in [2.75, 3.05) is 7.11 Å². The Morgan fingerprint density at radius 2 is 1.15 bits per heavy atom. The van der Waals surface area contributed by atoms with Crippen LogP contribution in [0.4, 0.5) is 35.1 Å². The SMILES string of the molecule is COc1ccc(C(=NOS(=O)(=O)c2ccc(OS(=O)(=O)c3c(F)c(F)c(F)c(F)c3F)cc2)C(F)(F)F)cc1. The van der Waals surface area contributed by atoms with Gasteiger partial charge in [-0.2, -0.15) is 30.0 Å². The molecule has 0 atom stereocenters. The normalized spacial score (nSPS) is 12.8. The number of ether oxygens (including phenoxy) is 1. The highest BCUT2D eigenvalue weighted by Crippen LogP contribution is 2.30. The summed E-state index contributed by atoms with van der Waals surface area (Å²) in [5, 5.41) is 2.68. The summed E-state index contributed by atoms with van der Waals surface area (Å²) in [5.41, 5.74) is -2.32. The van der Waals surface area contributed by atoms with Crippen LogP contribution in [-0.4, -0.2) is 35.8 Å². The van der Waals surface area contributed by atoms with E-state index in [0.29, 0.717) is 24.3 Å². The second kappa shape index (κ2) is 10.7. The Balaban J connectivity index is 1.88. The Morgan fingerprint density at radius 3 is 1.62 bits per heavy atom. The number of halogens is 8. The highest BCUT2D eigenvalue weighted by molar-refractivity contribution is 7.87. The van der Waals surface area contributed by atoms with E-state index >= 15 is 0 Å².